The summed E-state index contributed by atoms with van der Waals surface area (Å²) in [4.78, 5) is 18.9. The smallest absolute Gasteiger partial charge is 0.253 e. The molecule has 1 aliphatic carbocycles. The van der Waals surface area contributed by atoms with Gasteiger partial charge in [-0.1, -0.05) is 23.4 Å². The first-order valence-corrected chi connectivity index (χ1v) is 9.22. The van der Waals surface area contributed by atoms with Crippen molar-refractivity contribution in [2.75, 3.05) is 13.1 Å². The van der Waals surface area contributed by atoms with Crippen LogP contribution in [0, 0.1) is 0 Å². The fraction of sp³-hybridized carbons (Fsp3) is 0.286. The second-order valence-corrected chi connectivity index (χ2v) is 7.11. The maximum atomic E-state index is 12.6. The van der Waals surface area contributed by atoms with Crippen LogP contribution < -0.4 is 4.74 Å². The molecule has 6 heteroatoms. The van der Waals surface area contributed by atoms with Crippen molar-refractivity contribution in [2.45, 2.75) is 24.7 Å². The van der Waals surface area contributed by atoms with Gasteiger partial charge < -0.3 is 14.2 Å². The highest BCUT2D eigenvalue weighted by Gasteiger charge is 2.37. The lowest BCUT2D eigenvalue weighted by Crippen LogP contribution is -2.48. The van der Waals surface area contributed by atoms with Gasteiger partial charge in [0.1, 0.15) is 11.5 Å². The van der Waals surface area contributed by atoms with E-state index in [0.29, 0.717) is 36.2 Å². The third kappa shape index (κ3) is 3.30. The number of hydrogen-bond acceptors (Lipinski definition) is 5. The fourth-order valence-corrected chi connectivity index (χ4v) is 3.19. The second kappa shape index (κ2) is 6.54. The third-order valence-electron chi connectivity index (χ3n) is 5.00. The van der Waals surface area contributed by atoms with E-state index in [2.05, 4.69) is 10.1 Å². The summed E-state index contributed by atoms with van der Waals surface area (Å²) >= 11 is 0. The molecule has 0 radical (unpaired) electrons. The molecular formula is C21H19N3O3. The van der Waals surface area contributed by atoms with Crippen molar-refractivity contribution in [3.05, 3.63) is 71.9 Å². The van der Waals surface area contributed by atoms with Gasteiger partial charge >= 0.3 is 0 Å². The van der Waals surface area contributed by atoms with E-state index in [-0.39, 0.29) is 11.8 Å². The summed E-state index contributed by atoms with van der Waals surface area (Å²) in [5.41, 5.74) is 0.651. The molecule has 1 amide bonds. The van der Waals surface area contributed by atoms with Gasteiger partial charge in [0.2, 0.25) is 5.89 Å². The molecule has 1 aliphatic heterocycles. The van der Waals surface area contributed by atoms with Crippen LogP contribution in [0.2, 0.25) is 0 Å². The van der Waals surface area contributed by atoms with Gasteiger partial charge in [-0.05, 0) is 49.2 Å². The van der Waals surface area contributed by atoms with Crippen molar-refractivity contribution >= 4 is 5.91 Å². The fourth-order valence-electron chi connectivity index (χ4n) is 3.19. The third-order valence-corrected chi connectivity index (χ3v) is 5.00. The zero-order valence-corrected chi connectivity index (χ0v) is 14.7. The number of benzene rings is 2. The Morgan fingerprint density at radius 3 is 2.37 bits per heavy atom. The Kier molecular flexibility index (Phi) is 3.89. The minimum absolute atomic E-state index is 0.0134. The summed E-state index contributed by atoms with van der Waals surface area (Å²) in [6, 6.07) is 16.8. The minimum atomic E-state index is 0.0134. The SMILES string of the molecule is O=C(c1ccc(Oc2ccccc2)cc1)N1CC(c2nc(C3CC3)no2)C1. The Morgan fingerprint density at radius 2 is 1.67 bits per heavy atom. The van der Waals surface area contributed by atoms with Crippen LogP contribution in [0.15, 0.2) is 59.1 Å². The summed E-state index contributed by atoms with van der Waals surface area (Å²) in [7, 11) is 0. The number of likely N-dealkylation sites (tertiary alicyclic amines) is 1. The molecule has 1 saturated heterocycles. The van der Waals surface area contributed by atoms with Crippen LogP contribution in [0.5, 0.6) is 11.5 Å². The highest BCUT2D eigenvalue weighted by Crippen LogP contribution is 2.39. The number of carbonyl (C=O) groups is 1. The molecule has 6 nitrogen and oxygen atoms in total. The molecule has 5 rings (SSSR count). The predicted octanol–water partition coefficient (Wildman–Crippen LogP) is 3.98. The van der Waals surface area contributed by atoms with Gasteiger partial charge in [0.15, 0.2) is 5.82 Å². The molecule has 1 aromatic heterocycles. The van der Waals surface area contributed by atoms with Gasteiger partial charge in [0.25, 0.3) is 5.91 Å². The molecule has 0 unspecified atom stereocenters. The van der Waals surface area contributed by atoms with Gasteiger partial charge in [-0.25, -0.2) is 0 Å². The largest absolute Gasteiger partial charge is 0.457 e. The van der Waals surface area contributed by atoms with Crippen LogP contribution in [-0.2, 0) is 0 Å². The quantitative estimate of drug-likeness (QED) is 0.688. The summed E-state index contributed by atoms with van der Waals surface area (Å²) in [6.07, 6.45) is 2.30. The lowest BCUT2D eigenvalue weighted by atomic mass is 9.98. The number of carbonyl (C=O) groups excluding carboxylic acids is 1. The average molecular weight is 361 g/mol. The van der Waals surface area contributed by atoms with Crippen molar-refractivity contribution in [3.63, 3.8) is 0 Å². The molecule has 27 heavy (non-hydrogen) atoms. The van der Waals surface area contributed by atoms with E-state index in [4.69, 9.17) is 9.26 Å². The molecule has 0 N–H and O–H groups in total. The number of rotatable bonds is 5. The van der Waals surface area contributed by atoms with E-state index < -0.39 is 0 Å². The van der Waals surface area contributed by atoms with E-state index in [1.807, 2.05) is 42.5 Å². The summed E-state index contributed by atoms with van der Waals surface area (Å²) in [5.74, 6) is 3.60. The molecule has 0 atom stereocenters. The van der Waals surface area contributed by atoms with E-state index >= 15 is 0 Å². The van der Waals surface area contributed by atoms with Crippen LogP contribution in [0.25, 0.3) is 0 Å². The Balaban J connectivity index is 1.19. The van der Waals surface area contributed by atoms with Crippen LogP contribution >= 0.6 is 0 Å². The van der Waals surface area contributed by atoms with Crippen molar-refractivity contribution in [1.82, 2.24) is 15.0 Å². The number of para-hydroxylation sites is 1. The lowest BCUT2D eigenvalue weighted by Gasteiger charge is -2.37. The molecule has 2 heterocycles. The number of nitrogens with zero attached hydrogens (tertiary/aromatic N) is 3. The monoisotopic (exact) mass is 361 g/mol. The number of hydrogen-bond donors (Lipinski definition) is 0. The summed E-state index contributed by atoms with van der Waals surface area (Å²) < 4.78 is 11.1. The highest BCUT2D eigenvalue weighted by atomic mass is 16.5. The minimum Gasteiger partial charge on any atom is -0.457 e. The topological polar surface area (TPSA) is 68.5 Å². The van der Waals surface area contributed by atoms with Crippen LogP contribution in [-0.4, -0.2) is 34.0 Å². The Labute approximate surface area is 156 Å². The number of ether oxygens (including phenoxy) is 1. The van der Waals surface area contributed by atoms with Crippen LogP contribution in [0.4, 0.5) is 0 Å². The normalized spacial score (nSPS) is 16.8. The van der Waals surface area contributed by atoms with E-state index in [1.54, 1.807) is 17.0 Å². The van der Waals surface area contributed by atoms with Gasteiger partial charge in [-0.2, -0.15) is 4.98 Å². The average Bonchev–Trinajstić information content (AvgIpc) is 3.40. The van der Waals surface area contributed by atoms with Gasteiger partial charge in [0, 0.05) is 24.6 Å². The lowest BCUT2D eigenvalue weighted by molar-refractivity contribution is 0.0569. The maximum Gasteiger partial charge on any atom is 0.253 e. The summed E-state index contributed by atoms with van der Waals surface area (Å²) in [6.45, 7) is 1.24. The molecule has 2 aromatic carbocycles. The molecule has 2 aliphatic rings. The zero-order valence-electron chi connectivity index (χ0n) is 14.7. The van der Waals surface area contributed by atoms with Crippen molar-refractivity contribution in [2.24, 2.45) is 0 Å². The first-order chi connectivity index (χ1) is 13.3. The summed E-state index contributed by atoms with van der Waals surface area (Å²) in [5, 5.41) is 4.05. The predicted molar refractivity (Wildman–Crippen MR) is 97.9 cm³/mol. The molecule has 2 fully saturated rings. The van der Waals surface area contributed by atoms with Gasteiger partial charge in [-0.3, -0.25) is 4.79 Å². The van der Waals surface area contributed by atoms with Crippen molar-refractivity contribution in [1.29, 1.82) is 0 Å². The maximum absolute atomic E-state index is 12.6. The van der Waals surface area contributed by atoms with Gasteiger partial charge in [-0.15, -0.1) is 0 Å². The van der Waals surface area contributed by atoms with Crippen LogP contribution in [0.3, 0.4) is 0 Å². The Bertz CT molecular complexity index is 942. The Morgan fingerprint density at radius 1 is 0.963 bits per heavy atom. The molecular weight excluding hydrogens is 342 g/mol. The number of amides is 1. The van der Waals surface area contributed by atoms with Crippen molar-refractivity contribution < 1.29 is 14.1 Å². The first-order valence-electron chi connectivity index (χ1n) is 9.22. The van der Waals surface area contributed by atoms with Crippen molar-refractivity contribution in [3.8, 4) is 11.5 Å². The standard InChI is InChI=1S/C21H19N3O3/c25-21(15-8-10-18(11-9-15)26-17-4-2-1-3-5-17)24-12-16(13-24)20-22-19(23-27-20)14-6-7-14/h1-5,8-11,14,16H,6-7,12-13H2. The molecule has 136 valence electrons. The van der Waals surface area contributed by atoms with E-state index in [1.165, 1.54) is 0 Å². The first kappa shape index (κ1) is 16.1. The molecule has 3 aromatic rings. The second-order valence-electron chi connectivity index (χ2n) is 7.11. The van der Waals surface area contributed by atoms with E-state index in [0.717, 1.165) is 24.4 Å². The van der Waals surface area contributed by atoms with Crippen LogP contribution in [0.1, 0.15) is 46.8 Å². The highest BCUT2D eigenvalue weighted by molar-refractivity contribution is 5.95. The number of aromatic nitrogens is 2. The molecule has 1 saturated carbocycles. The zero-order chi connectivity index (χ0) is 18.2. The molecule has 0 bridgehead atoms. The molecule has 0 spiro atoms. The van der Waals surface area contributed by atoms with Gasteiger partial charge in [0.05, 0.1) is 5.92 Å². The van der Waals surface area contributed by atoms with E-state index in [9.17, 15) is 4.79 Å². The Hall–Kier alpha value is -3.15.